The molecule has 2 aromatic carbocycles. The first-order chi connectivity index (χ1) is 18.7. The molecule has 1 saturated heterocycles. The number of likely N-dealkylation sites (N-methyl/N-ethyl adjacent to an activating group) is 2. The van der Waals surface area contributed by atoms with E-state index < -0.39 is 11.7 Å². The number of hydrogen-bond acceptors (Lipinski definition) is 6. The molecule has 216 valence electrons. The minimum atomic E-state index is -4.38. The summed E-state index contributed by atoms with van der Waals surface area (Å²) in [6.07, 6.45) is -1.64. The van der Waals surface area contributed by atoms with Gasteiger partial charge >= 0.3 is 6.18 Å². The lowest BCUT2D eigenvalue weighted by molar-refractivity contribution is -0.137. The first kappa shape index (κ1) is 32.5. The fourth-order valence-electron chi connectivity index (χ4n) is 3.54. The highest BCUT2D eigenvalue weighted by Gasteiger charge is 2.30. The molecule has 7 nitrogen and oxygen atoms in total. The number of ether oxygens (including phenoxy) is 2. The predicted molar refractivity (Wildman–Crippen MR) is 151 cm³/mol. The lowest BCUT2D eigenvalue weighted by Gasteiger charge is -2.27. The van der Waals surface area contributed by atoms with Crippen molar-refractivity contribution in [2.45, 2.75) is 24.9 Å². The number of rotatable bonds is 8. The third-order valence-electron chi connectivity index (χ3n) is 6.03. The molecular weight excluding hydrogens is 529 g/mol. The molecule has 0 spiro atoms. The number of alkyl halides is 3. The summed E-state index contributed by atoms with van der Waals surface area (Å²) in [7, 11) is 5.58. The number of nitrogens with one attached hydrogen (secondary N) is 3. The van der Waals surface area contributed by atoms with Crippen molar-refractivity contribution in [2.75, 3.05) is 67.1 Å². The molecule has 1 aliphatic carbocycles. The van der Waals surface area contributed by atoms with Gasteiger partial charge in [-0.1, -0.05) is 36.5 Å². The highest BCUT2D eigenvalue weighted by Crippen LogP contribution is 2.40. The number of halogens is 3. The number of thiocarbonyl (C=S) groups is 1. The number of amides is 1. The van der Waals surface area contributed by atoms with Crippen molar-refractivity contribution in [3.05, 3.63) is 65.2 Å². The second-order valence-electron chi connectivity index (χ2n) is 9.01. The second-order valence-corrected chi connectivity index (χ2v) is 9.41. The molecule has 2 fully saturated rings. The van der Waals surface area contributed by atoms with Gasteiger partial charge in [-0.25, -0.2) is 0 Å². The number of methoxy groups -OCH3 is 1. The van der Waals surface area contributed by atoms with Crippen LogP contribution in [0.4, 0.5) is 13.2 Å². The van der Waals surface area contributed by atoms with Crippen LogP contribution in [0.3, 0.4) is 0 Å². The summed E-state index contributed by atoms with van der Waals surface area (Å²) in [5.41, 5.74) is 1.17. The fraction of sp³-hybridized carbons (Fsp3) is 0.500. The Morgan fingerprint density at radius 2 is 1.56 bits per heavy atom. The van der Waals surface area contributed by atoms with Gasteiger partial charge in [0.05, 0.1) is 32.4 Å². The molecule has 0 aromatic heterocycles. The minimum Gasteiger partial charge on any atom is -0.497 e. The maximum absolute atomic E-state index is 12.5. The van der Waals surface area contributed by atoms with Crippen molar-refractivity contribution < 1.29 is 27.4 Å². The lowest BCUT2D eigenvalue weighted by atomic mass is 10.1. The standard InChI is InChI=1S/C14H15F3N2O2S.C10H12O.C4H12N2/c15-14(16,17)11-3-1-10(2-4-11)13(22)18-9-12(20)19-5-7-21-8-6-19;1-11-10-6-4-9(5-7-10)8-2-3-8;1-5-3-4-6-2/h1-4H,5-9H2,(H,18,22);4-8H,2-3H2,1H3;5-6H,3-4H2,1-2H3. The molecule has 1 amide bonds. The zero-order valence-electron chi connectivity index (χ0n) is 22.8. The van der Waals surface area contributed by atoms with Crippen LogP contribution in [0.2, 0.25) is 0 Å². The van der Waals surface area contributed by atoms with E-state index in [0.29, 0.717) is 31.9 Å². The maximum atomic E-state index is 12.5. The van der Waals surface area contributed by atoms with E-state index >= 15 is 0 Å². The van der Waals surface area contributed by atoms with Crippen LogP contribution in [0.15, 0.2) is 48.5 Å². The quantitative estimate of drug-likeness (QED) is 0.330. The second kappa shape index (κ2) is 17.1. The Bertz CT molecular complexity index is 991. The number of carbonyl (C=O) groups excluding carboxylic acids is 1. The van der Waals surface area contributed by atoms with E-state index in [4.69, 9.17) is 21.7 Å². The molecule has 4 rings (SSSR count). The van der Waals surface area contributed by atoms with Crippen LogP contribution in [0.25, 0.3) is 0 Å². The number of hydrogen-bond donors (Lipinski definition) is 3. The van der Waals surface area contributed by atoms with E-state index in [0.717, 1.165) is 36.9 Å². The molecule has 1 aliphatic heterocycles. The van der Waals surface area contributed by atoms with E-state index in [1.807, 2.05) is 26.2 Å². The monoisotopic (exact) mass is 568 g/mol. The summed E-state index contributed by atoms with van der Waals surface area (Å²) >= 11 is 5.09. The Labute approximate surface area is 234 Å². The number of nitrogens with zero attached hydrogens (tertiary/aromatic N) is 1. The van der Waals surface area contributed by atoms with E-state index in [-0.39, 0.29) is 17.4 Å². The molecule has 2 aliphatic rings. The van der Waals surface area contributed by atoms with Crippen molar-refractivity contribution in [3.63, 3.8) is 0 Å². The van der Waals surface area contributed by atoms with E-state index in [1.165, 1.54) is 30.5 Å². The Hall–Kier alpha value is -2.73. The molecule has 0 bridgehead atoms. The van der Waals surface area contributed by atoms with Gasteiger partial charge in [-0.2, -0.15) is 13.2 Å². The van der Waals surface area contributed by atoms with Crippen molar-refractivity contribution >= 4 is 23.1 Å². The van der Waals surface area contributed by atoms with E-state index in [9.17, 15) is 18.0 Å². The van der Waals surface area contributed by atoms with Crippen molar-refractivity contribution in [1.82, 2.24) is 20.9 Å². The normalized spacial score (nSPS) is 14.8. The van der Waals surface area contributed by atoms with Gasteiger partial charge in [-0.05, 0) is 62.7 Å². The SMILES string of the molecule is CNCCNC.COc1ccc(C2CC2)cc1.O=C(CNC(=S)c1ccc(C(F)(F)F)cc1)N1CCOCC1. The molecular formula is C28H39F3N4O3S. The van der Waals surface area contributed by atoms with Crippen LogP contribution in [0, 0.1) is 0 Å². The fourth-order valence-corrected chi connectivity index (χ4v) is 3.74. The number of benzene rings is 2. The molecule has 1 heterocycles. The molecule has 3 N–H and O–H groups in total. The topological polar surface area (TPSA) is 74.9 Å². The summed E-state index contributed by atoms with van der Waals surface area (Å²) in [4.78, 5) is 13.8. The minimum absolute atomic E-state index is 0.0137. The molecule has 0 unspecified atom stereocenters. The molecule has 0 radical (unpaired) electrons. The average molecular weight is 569 g/mol. The zero-order valence-corrected chi connectivity index (χ0v) is 23.6. The largest absolute Gasteiger partial charge is 0.497 e. The smallest absolute Gasteiger partial charge is 0.416 e. The Kier molecular flexibility index (Phi) is 14.2. The van der Waals surface area contributed by atoms with Crippen molar-refractivity contribution in [3.8, 4) is 5.75 Å². The van der Waals surface area contributed by atoms with Crippen LogP contribution in [-0.4, -0.2) is 82.9 Å². The van der Waals surface area contributed by atoms with Gasteiger partial charge in [0.1, 0.15) is 10.7 Å². The summed E-state index contributed by atoms with van der Waals surface area (Å²) in [6, 6.07) is 12.9. The Balaban J connectivity index is 0.000000258. The van der Waals surface area contributed by atoms with Gasteiger partial charge in [0.2, 0.25) is 5.91 Å². The van der Waals surface area contributed by atoms with Gasteiger partial charge in [-0.3, -0.25) is 4.79 Å². The highest BCUT2D eigenvalue weighted by atomic mass is 32.1. The van der Waals surface area contributed by atoms with E-state index in [2.05, 4.69) is 28.1 Å². The summed E-state index contributed by atoms with van der Waals surface area (Å²) < 4.78 is 47.6. The Morgan fingerprint density at radius 1 is 1.00 bits per heavy atom. The first-order valence-corrected chi connectivity index (χ1v) is 13.3. The summed E-state index contributed by atoms with van der Waals surface area (Å²) in [5, 5.41) is 8.78. The van der Waals surface area contributed by atoms with Gasteiger partial charge in [0, 0.05) is 31.7 Å². The van der Waals surface area contributed by atoms with Gasteiger partial charge < -0.3 is 30.3 Å². The maximum Gasteiger partial charge on any atom is 0.416 e. The van der Waals surface area contributed by atoms with Crippen LogP contribution < -0.4 is 20.7 Å². The molecule has 2 aromatic rings. The first-order valence-electron chi connectivity index (χ1n) is 12.9. The number of morpholine rings is 1. The number of carbonyl (C=O) groups is 1. The molecule has 39 heavy (non-hydrogen) atoms. The lowest BCUT2D eigenvalue weighted by Crippen LogP contribution is -2.45. The summed E-state index contributed by atoms with van der Waals surface area (Å²) in [5.74, 6) is 1.69. The summed E-state index contributed by atoms with van der Waals surface area (Å²) in [6.45, 7) is 4.21. The highest BCUT2D eigenvalue weighted by molar-refractivity contribution is 7.80. The van der Waals surface area contributed by atoms with Gasteiger partial charge in [0.15, 0.2) is 0 Å². The predicted octanol–water partition coefficient (Wildman–Crippen LogP) is 3.83. The third kappa shape index (κ3) is 12.3. The van der Waals surface area contributed by atoms with Crippen LogP contribution in [-0.2, 0) is 15.7 Å². The average Bonchev–Trinajstić information content (AvgIpc) is 3.81. The Morgan fingerprint density at radius 3 is 2.03 bits per heavy atom. The molecule has 0 atom stereocenters. The molecule has 1 saturated carbocycles. The van der Waals surface area contributed by atoms with Gasteiger partial charge in [-0.15, -0.1) is 0 Å². The van der Waals surface area contributed by atoms with E-state index in [1.54, 1.807) is 12.0 Å². The van der Waals surface area contributed by atoms with Crippen molar-refractivity contribution in [2.24, 2.45) is 0 Å². The van der Waals surface area contributed by atoms with Crippen LogP contribution in [0.5, 0.6) is 5.75 Å². The third-order valence-corrected chi connectivity index (χ3v) is 6.41. The van der Waals surface area contributed by atoms with Gasteiger partial charge in [0.25, 0.3) is 0 Å². The van der Waals surface area contributed by atoms with Crippen molar-refractivity contribution in [1.29, 1.82) is 0 Å². The van der Waals surface area contributed by atoms with Crippen LogP contribution >= 0.6 is 12.2 Å². The zero-order chi connectivity index (χ0) is 28.7. The molecule has 11 heteroatoms. The van der Waals surface area contributed by atoms with Crippen LogP contribution in [0.1, 0.15) is 35.4 Å².